The molecule has 17 heavy (non-hydrogen) atoms. The number of para-hydroxylation sites is 1. The zero-order chi connectivity index (χ0) is 12.4. The number of fused-ring (bicyclic) bond motifs is 1. The highest BCUT2D eigenvalue weighted by Crippen LogP contribution is 2.14. The summed E-state index contributed by atoms with van der Waals surface area (Å²) in [5.74, 6) is 0. The summed E-state index contributed by atoms with van der Waals surface area (Å²) in [5.41, 5.74) is 1.30. The number of halogens is 1. The van der Waals surface area contributed by atoms with Crippen LogP contribution in [0.15, 0.2) is 30.3 Å². The van der Waals surface area contributed by atoms with Crippen LogP contribution in [0.3, 0.4) is 0 Å². The number of hydrogen-bond acceptors (Lipinski definition) is 3. The Balaban J connectivity index is 2.43. The van der Waals surface area contributed by atoms with E-state index in [0.29, 0.717) is 5.46 Å². The minimum Gasteiger partial charge on any atom is -0.423 e. The van der Waals surface area contributed by atoms with Gasteiger partial charge in [-0.15, -0.1) is 0 Å². The molecule has 2 aromatic rings. The summed E-state index contributed by atoms with van der Waals surface area (Å²) in [4.78, 5) is 4.23. The molecular weight excluding hydrogens is 236 g/mol. The first-order valence-electron chi connectivity index (χ1n) is 5.46. The lowest BCUT2D eigenvalue weighted by molar-refractivity contribution is 0.207. The summed E-state index contributed by atoms with van der Waals surface area (Å²) in [6.45, 7) is 3.71. The van der Waals surface area contributed by atoms with E-state index in [1.54, 1.807) is 6.07 Å². The molecule has 0 aliphatic heterocycles. The van der Waals surface area contributed by atoms with Gasteiger partial charge >= 0.3 is 7.12 Å². The maximum Gasteiger partial charge on any atom is 0.494 e. The Morgan fingerprint density at radius 3 is 2.76 bits per heavy atom. The number of benzene rings is 1. The zero-order valence-electron chi connectivity index (χ0n) is 9.72. The lowest BCUT2D eigenvalue weighted by Crippen LogP contribution is -2.37. The van der Waals surface area contributed by atoms with Crippen molar-refractivity contribution in [2.24, 2.45) is 0 Å². The smallest absolute Gasteiger partial charge is 0.423 e. The largest absolute Gasteiger partial charge is 0.494 e. The van der Waals surface area contributed by atoms with E-state index in [4.69, 9.17) is 16.3 Å². The SMILES string of the molecule is CC(C)OB(O)c1cc2ccccc2nc1Cl. The molecule has 0 saturated carbocycles. The van der Waals surface area contributed by atoms with E-state index in [-0.39, 0.29) is 11.3 Å². The normalized spacial score (nSPS) is 11.1. The van der Waals surface area contributed by atoms with E-state index >= 15 is 0 Å². The van der Waals surface area contributed by atoms with E-state index < -0.39 is 7.12 Å². The van der Waals surface area contributed by atoms with Crippen molar-refractivity contribution in [2.75, 3.05) is 0 Å². The number of hydrogen-bond donors (Lipinski definition) is 1. The van der Waals surface area contributed by atoms with Gasteiger partial charge in [0.15, 0.2) is 0 Å². The predicted molar refractivity (Wildman–Crippen MR) is 70.6 cm³/mol. The van der Waals surface area contributed by atoms with E-state index in [1.165, 1.54) is 0 Å². The molecule has 3 nitrogen and oxygen atoms in total. The van der Waals surface area contributed by atoms with Gasteiger partial charge in [-0.1, -0.05) is 29.8 Å². The highest BCUT2D eigenvalue weighted by molar-refractivity contribution is 6.64. The minimum atomic E-state index is -1.04. The Labute approximate surface area is 106 Å². The van der Waals surface area contributed by atoms with Gasteiger partial charge in [-0.3, -0.25) is 0 Å². The van der Waals surface area contributed by atoms with Gasteiger partial charge < -0.3 is 9.68 Å². The van der Waals surface area contributed by atoms with Gasteiger partial charge in [0.05, 0.1) is 5.52 Å². The Morgan fingerprint density at radius 1 is 1.35 bits per heavy atom. The van der Waals surface area contributed by atoms with Crippen LogP contribution in [0.1, 0.15) is 13.8 Å². The summed E-state index contributed by atoms with van der Waals surface area (Å²) in [6, 6.07) is 9.41. The van der Waals surface area contributed by atoms with Crippen LogP contribution < -0.4 is 5.46 Å². The molecule has 0 amide bonds. The van der Waals surface area contributed by atoms with Gasteiger partial charge in [-0.05, 0) is 31.4 Å². The van der Waals surface area contributed by atoms with Crippen LogP contribution in [0.2, 0.25) is 5.15 Å². The van der Waals surface area contributed by atoms with Gasteiger partial charge in [0.25, 0.3) is 0 Å². The number of aromatic nitrogens is 1. The average Bonchev–Trinajstić information content (AvgIpc) is 2.27. The second kappa shape index (κ2) is 5.04. The first-order valence-corrected chi connectivity index (χ1v) is 5.84. The monoisotopic (exact) mass is 249 g/mol. The first-order chi connectivity index (χ1) is 8.08. The molecule has 1 N–H and O–H groups in total. The van der Waals surface area contributed by atoms with Crippen molar-refractivity contribution in [3.63, 3.8) is 0 Å². The van der Waals surface area contributed by atoms with E-state index in [9.17, 15) is 5.02 Å². The number of pyridine rings is 1. The van der Waals surface area contributed by atoms with Gasteiger partial charge in [-0.2, -0.15) is 0 Å². The maximum atomic E-state index is 9.88. The highest BCUT2D eigenvalue weighted by atomic mass is 35.5. The molecule has 0 bridgehead atoms. The van der Waals surface area contributed by atoms with Crippen molar-refractivity contribution in [2.45, 2.75) is 20.0 Å². The van der Waals surface area contributed by atoms with Gasteiger partial charge in [0.1, 0.15) is 5.15 Å². The molecule has 0 unspecified atom stereocenters. The Bertz CT molecular complexity index is 533. The van der Waals surface area contributed by atoms with Crippen LogP contribution in [-0.4, -0.2) is 23.2 Å². The summed E-state index contributed by atoms with van der Waals surface area (Å²) in [7, 11) is -1.04. The van der Waals surface area contributed by atoms with Crippen LogP contribution in [0.25, 0.3) is 10.9 Å². The highest BCUT2D eigenvalue weighted by Gasteiger charge is 2.22. The Hall–Kier alpha value is -1.10. The van der Waals surface area contributed by atoms with Crippen LogP contribution in [0, 0.1) is 0 Å². The predicted octanol–water partition coefficient (Wildman–Crippen LogP) is 2.00. The molecule has 0 atom stereocenters. The molecule has 2 rings (SSSR count). The molecule has 5 heteroatoms. The van der Waals surface area contributed by atoms with Crippen LogP contribution in [0.4, 0.5) is 0 Å². The molecule has 0 aliphatic carbocycles. The number of nitrogens with zero attached hydrogens (tertiary/aromatic N) is 1. The molecule has 0 spiro atoms. The van der Waals surface area contributed by atoms with Gasteiger partial charge in [0, 0.05) is 11.6 Å². The fraction of sp³-hybridized carbons (Fsp3) is 0.250. The van der Waals surface area contributed by atoms with Crippen LogP contribution in [-0.2, 0) is 4.65 Å². The average molecular weight is 250 g/mol. The molecule has 0 fully saturated rings. The molecule has 88 valence electrons. The van der Waals surface area contributed by atoms with E-state index in [0.717, 1.165) is 10.9 Å². The standard InChI is InChI=1S/C12H13BClNO2/c1-8(2)17-13(16)10-7-9-5-3-4-6-11(9)15-12(10)14/h3-8,16H,1-2H3. The summed E-state index contributed by atoms with van der Waals surface area (Å²) < 4.78 is 5.30. The van der Waals surface area contributed by atoms with Crippen molar-refractivity contribution in [1.82, 2.24) is 4.98 Å². The van der Waals surface area contributed by atoms with Crippen LogP contribution >= 0.6 is 11.6 Å². The lowest BCUT2D eigenvalue weighted by Gasteiger charge is -2.13. The summed E-state index contributed by atoms with van der Waals surface area (Å²) in [6.07, 6.45) is -0.0764. The summed E-state index contributed by atoms with van der Waals surface area (Å²) in [5, 5.41) is 11.1. The molecule has 0 saturated heterocycles. The van der Waals surface area contributed by atoms with Crippen molar-refractivity contribution >= 4 is 35.1 Å². The minimum absolute atomic E-state index is 0.0764. The van der Waals surface area contributed by atoms with Crippen molar-refractivity contribution in [1.29, 1.82) is 0 Å². The molecule has 0 aliphatic rings. The first kappa shape index (κ1) is 12.4. The van der Waals surface area contributed by atoms with Crippen molar-refractivity contribution in [3.8, 4) is 0 Å². The van der Waals surface area contributed by atoms with E-state index in [2.05, 4.69) is 4.98 Å². The maximum absolute atomic E-state index is 9.88. The topological polar surface area (TPSA) is 42.4 Å². The zero-order valence-corrected chi connectivity index (χ0v) is 10.5. The third-order valence-electron chi connectivity index (χ3n) is 2.37. The molecular formula is C12H13BClNO2. The molecule has 0 radical (unpaired) electrons. The summed E-state index contributed by atoms with van der Waals surface area (Å²) >= 11 is 6.03. The molecule has 1 heterocycles. The Kier molecular flexibility index (Phi) is 3.67. The molecule has 1 aromatic heterocycles. The second-order valence-corrected chi connectivity index (χ2v) is 4.46. The second-order valence-electron chi connectivity index (χ2n) is 4.10. The Morgan fingerprint density at radius 2 is 2.06 bits per heavy atom. The van der Waals surface area contributed by atoms with Crippen molar-refractivity contribution < 1.29 is 9.68 Å². The quantitative estimate of drug-likeness (QED) is 0.668. The molecule has 1 aromatic carbocycles. The fourth-order valence-corrected chi connectivity index (χ4v) is 1.85. The fourth-order valence-electron chi connectivity index (χ4n) is 1.61. The van der Waals surface area contributed by atoms with Crippen molar-refractivity contribution in [3.05, 3.63) is 35.5 Å². The lowest BCUT2D eigenvalue weighted by atomic mass is 9.80. The van der Waals surface area contributed by atoms with E-state index in [1.807, 2.05) is 38.1 Å². The third kappa shape index (κ3) is 2.78. The third-order valence-corrected chi connectivity index (χ3v) is 2.67. The van der Waals surface area contributed by atoms with Gasteiger partial charge in [-0.25, -0.2) is 4.98 Å². The van der Waals surface area contributed by atoms with Gasteiger partial charge in [0.2, 0.25) is 0 Å². The number of rotatable bonds is 3. The van der Waals surface area contributed by atoms with Crippen LogP contribution in [0.5, 0.6) is 0 Å².